The van der Waals surface area contributed by atoms with E-state index < -0.39 is 0 Å². The Hall–Kier alpha value is -3.03. The van der Waals surface area contributed by atoms with Gasteiger partial charge in [0.15, 0.2) is 4.77 Å². The van der Waals surface area contributed by atoms with E-state index in [1.54, 1.807) is 24.3 Å². The minimum absolute atomic E-state index is 0.132. The van der Waals surface area contributed by atoms with Crippen LogP contribution in [0, 0.1) is 4.77 Å². The smallest absolute Gasteiger partial charge is 0.262 e. The zero-order chi connectivity index (χ0) is 21.0. The number of aromatic amines is 1. The number of nitrogens with zero attached hydrogens (tertiary/aromatic N) is 1. The minimum Gasteiger partial charge on any atom is -0.374 e. The fourth-order valence-corrected chi connectivity index (χ4v) is 3.16. The summed E-state index contributed by atoms with van der Waals surface area (Å²) in [6.07, 6.45) is 1.74. The van der Waals surface area contributed by atoms with Crippen LogP contribution in [0.4, 0.5) is 5.69 Å². The molecule has 0 spiro atoms. The molecule has 0 saturated heterocycles. The Morgan fingerprint density at radius 1 is 1.31 bits per heavy atom. The molecule has 0 bridgehead atoms. The second kappa shape index (κ2) is 8.98. The second-order valence-corrected chi connectivity index (χ2v) is 7.30. The van der Waals surface area contributed by atoms with E-state index in [1.165, 1.54) is 4.57 Å². The lowest BCUT2D eigenvalue weighted by Gasteiger charge is -2.11. The third-order valence-electron chi connectivity index (χ3n) is 4.32. The zero-order valence-corrected chi connectivity index (χ0v) is 17.2. The van der Waals surface area contributed by atoms with Crippen molar-refractivity contribution < 1.29 is 9.53 Å². The van der Waals surface area contributed by atoms with Crippen LogP contribution in [0.25, 0.3) is 10.9 Å². The van der Waals surface area contributed by atoms with E-state index in [0.29, 0.717) is 35.3 Å². The standard InChI is InChI=1S/C22H23N3O3S/c1-4-10-25-21(27)18-9-8-16(12-19(18)24-22(25)29)20(26)23-17-7-5-6-15(11-17)13-28-14(2)3/h4-9,11-12,14H,1,10,13H2,2-3H3,(H,23,26)(H,24,29). The molecule has 3 rings (SSSR count). The Bertz CT molecular complexity index is 1180. The predicted octanol–water partition coefficient (Wildman–Crippen LogP) is 4.42. The average Bonchev–Trinajstić information content (AvgIpc) is 2.69. The summed E-state index contributed by atoms with van der Waals surface area (Å²) in [5, 5.41) is 3.34. The maximum Gasteiger partial charge on any atom is 0.262 e. The van der Waals surface area contributed by atoms with Crippen molar-refractivity contribution in [2.45, 2.75) is 33.1 Å². The average molecular weight is 410 g/mol. The number of allylic oxidation sites excluding steroid dienone is 1. The number of hydrogen-bond donors (Lipinski definition) is 2. The van der Waals surface area contributed by atoms with Crippen LogP contribution in [-0.2, 0) is 17.9 Å². The molecule has 0 atom stereocenters. The first-order chi connectivity index (χ1) is 13.9. The van der Waals surface area contributed by atoms with E-state index in [4.69, 9.17) is 17.0 Å². The number of H-pyrrole nitrogens is 1. The largest absolute Gasteiger partial charge is 0.374 e. The molecular formula is C22H23N3O3S. The molecule has 0 fully saturated rings. The molecule has 0 radical (unpaired) electrons. The van der Waals surface area contributed by atoms with Gasteiger partial charge in [-0.2, -0.15) is 0 Å². The molecule has 150 valence electrons. The van der Waals surface area contributed by atoms with Crippen molar-refractivity contribution in [2.75, 3.05) is 5.32 Å². The molecule has 6 nitrogen and oxygen atoms in total. The van der Waals surface area contributed by atoms with Gasteiger partial charge in [0.1, 0.15) is 0 Å². The van der Waals surface area contributed by atoms with E-state index in [0.717, 1.165) is 5.56 Å². The highest BCUT2D eigenvalue weighted by Gasteiger charge is 2.11. The number of anilines is 1. The molecule has 7 heteroatoms. The normalized spacial score (nSPS) is 11.0. The van der Waals surface area contributed by atoms with E-state index in [-0.39, 0.29) is 22.3 Å². The summed E-state index contributed by atoms with van der Waals surface area (Å²) in [6, 6.07) is 12.4. The summed E-state index contributed by atoms with van der Waals surface area (Å²) in [6.45, 7) is 8.39. The Morgan fingerprint density at radius 3 is 2.83 bits per heavy atom. The van der Waals surface area contributed by atoms with Crippen molar-refractivity contribution in [1.82, 2.24) is 9.55 Å². The summed E-state index contributed by atoms with van der Waals surface area (Å²) in [5.41, 5.74) is 2.38. The fraction of sp³-hybridized carbons (Fsp3) is 0.227. The van der Waals surface area contributed by atoms with Gasteiger partial charge in [0.2, 0.25) is 0 Å². The van der Waals surface area contributed by atoms with Gasteiger partial charge >= 0.3 is 0 Å². The molecule has 1 heterocycles. The van der Waals surface area contributed by atoms with Crippen LogP contribution < -0.4 is 10.9 Å². The molecule has 0 aliphatic heterocycles. The minimum atomic E-state index is -0.275. The zero-order valence-electron chi connectivity index (χ0n) is 16.4. The van der Waals surface area contributed by atoms with E-state index >= 15 is 0 Å². The molecule has 0 saturated carbocycles. The molecule has 1 amide bonds. The lowest BCUT2D eigenvalue weighted by molar-refractivity contribution is 0.0657. The number of carbonyl (C=O) groups is 1. The van der Waals surface area contributed by atoms with E-state index in [2.05, 4.69) is 16.9 Å². The van der Waals surface area contributed by atoms with Crippen molar-refractivity contribution in [3.05, 3.63) is 81.4 Å². The van der Waals surface area contributed by atoms with Gasteiger partial charge in [-0.3, -0.25) is 14.2 Å². The summed E-state index contributed by atoms with van der Waals surface area (Å²) >= 11 is 5.25. The first-order valence-electron chi connectivity index (χ1n) is 9.28. The van der Waals surface area contributed by atoms with E-state index in [1.807, 2.05) is 38.1 Å². The van der Waals surface area contributed by atoms with Crippen molar-refractivity contribution in [1.29, 1.82) is 0 Å². The molecule has 2 N–H and O–H groups in total. The number of rotatable bonds is 7. The van der Waals surface area contributed by atoms with Crippen LogP contribution in [0.3, 0.4) is 0 Å². The Balaban J connectivity index is 1.85. The SMILES string of the molecule is C=CCn1c(=S)[nH]c2cc(C(=O)Nc3cccc(COC(C)C)c3)ccc2c1=O. The number of nitrogens with one attached hydrogen (secondary N) is 2. The number of aromatic nitrogens is 2. The van der Waals surface area contributed by atoms with Gasteiger partial charge < -0.3 is 15.0 Å². The summed E-state index contributed by atoms with van der Waals surface area (Å²) in [4.78, 5) is 28.3. The van der Waals surface area contributed by atoms with Gasteiger partial charge in [0, 0.05) is 17.8 Å². The Labute approximate surface area is 173 Å². The van der Waals surface area contributed by atoms with Crippen LogP contribution in [0.15, 0.2) is 59.9 Å². The lowest BCUT2D eigenvalue weighted by atomic mass is 10.1. The van der Waals surface area contributed by atoms with Gasteiger partial charge in [-0.15, -0.1) is 6.58 Å². The number of carbonyl (C=O) groups excluding carboxylic acids is 1. The number of fused-ring (bicyclic) bond motifs is 1. The van der Waals surface area contributed by atoms with Crippen molar-refractivity contribution in [2.24, 2.45) is 0 Å². The molecule has 3 aromatic rings. The van der Waals surface area contributed by atoms with Crippen LogP contribution in [0.2, 0.25) is 0 Å². The molecular weight excluding hydrogens is 386 g/mol. The Morgan fingerprint density at radius 2 is 2.10 bits per heavy atom. The monoisotopic (exact) mass is 409 g/mol. The van der Waals surface area contributed by atoms with Gasteiger partial charge in [-0.05, 0) is 62.0 Å². The quantitative estimate of drug-likeness (QED) is 0.447. The van der Waals surface area contributed by atoms with Crippen LogP contribution in [0.1, 0.15) is 29.8 Å². The summed E-state index contributed by atoms with van der Waals surface area (Å²) in [7, 11) is 0. The number of ether oxygens (including phenoxy) is 1. The third-order valence-corrected chi connectivity index (χ3v) is 4.65. The first kappa shape index (κ1) is 20.7. The number of benzene rings is 2. The summed E-state index contributed by atoms with van der Waals surface area (Å²) < 4.78 is 7.32. The first-order valence-corrected chi connectivity index (χ1v) is 9.69. The predicted molar refractivity (Wildman–Crippen MR) is 118 cm³/mol. The molecule has 0 unspecified atom stereocenters. The highest BCUT2D eigenvalue weighted by Crippen LogP contribution is 2.16. The van der Waals surface area contributed by atoms with Gasteiger partial charge in [0.25, 0.3) is 11.5 Å². The molecule has 1 aromatic heterocycles. The maximum atomic E-state index is 12.7. The third kappa shape index (κ3) is 4.88. The van der Waals surface area contributed by atoms with Crippen molar-refractivity contribution in [3.8, 4) is 0 Å². The molecule has 0 aliphatic rings. The van der Waals surface area contributed by atoms with Crippen molar-refractivity contribution >= 4 is 34.7 Å². The fourth-order valence-electron chi connectivity index (χ4n) is 2.90. The number of amides is 1. The van der Waals surface area contributed by atoms with Crippen LogP contribution >= 0.6 is 12.2 Å². The van der Waals surface area contributed by atoms with E-state index in [9.17, 15) is 9.59 Å². The Kier molecular flexibility index (Phi) is 6.41. The van der Waals surface area contributed by atoms with Gasteiger partial charge in [-0.1, -0.05) is 18.2 Å². The maximum absolute atomic E-state index is 12.7. The topological polar surface area (TPSA) is 76.1 Å². The highest BCUT2D eigenvalue weighted by molar-refractivity contribution is 7.71. The van der Waals surface area contributed by atoms with Crippen molar-refractivity contribution in [3.63, 3.8) is 0 Å². The highest BCUT2D eigenvalue weighted by atomic mass is 32.1. The lowest BCUT2D eigenvalue weighted by Crippen LogP contribution is -2.22. The van der Waals surface area contributed by atoms with Gasteiger partial charge in [-0.25, -0.2) is 0 Å². The number of hydrogen-bond acceptors (Lipinski definition) is 4. The van der Waals surface area contributed by atoms with Gasteiger partial charge in [0.05, 0.1) is 23.6 Å². The molecule has 0 aliphatic carbocycles. The van der Waals surface area contributed by atoms with Crippen LogP contribution in [0.5, 0.6) is 0 Å². The summed E-state index contributed by atoms with van der Waals surface area (Å²) in [5.74, 6) is -0.275. The molecule has 29 heavy (non-hydrogen) atoms. The van der Waals surface area contributed by atoms with Crippen LogP contribution in [-0.4, -0.2) is 21.6 Å². The molecule has 2 aromatic carbocycles. The second-order valence-electron chi connectivity index (χ2n) is 6.91.